The van der Waals surface area contributed by atoms with E-state index >= 15 is 0 Å². The maximum absolute atomic E-state index is 11.6. The lowest BCUT2D eigenvalue weighted by atomic mass is 9.92. The molecule has 1 aliphatic rings. The summed E-state index contributed by atoms with van der Waals surface area (Å²) in [5.41, 5.74) is 14.3. The lowest BCUT2D eigenvalue weighted by molar-refractivity contribution is 0.607. The highest BCUT2D eigenvalue weighted by Crippen LogP contribution is 2.36. The lowest BCUT2D eigenvalue weighted by Gasteiger charge is -2.13. The number of fused-ring (bicyclic) bond motifs is 2. The molecule has 3 N–H and O–H groups in total. The molecule has 3 aromatic rings. The third-order valence-corrected chi connectivity index (χ3v) is 5.50. The molecule has 4 nitrogen and oxygen atoms in total. The Bertz CT molecular complexity index is 1180. The van der Waals surface area contributed by atoms with Crippen molar-refractivity contribution in [3.63, 3.8) is 0 Å². The van der Waals surface area contributed by atoms with Gasteiger partial charge in [-0.05, 0) is 76.6 Å². The number of hydrogen-bond acceptors (Lipinski definition) is 3. The van der Waals surface area contributed by atoms with Gasteiger partial charge >= 0.3 is 0 Å². The topological polar surface area (TPSA) is 72.2 Å². The first-order valence-corrected chi connectivity index (χ1v) is 11.0. The van der Waals surface area contributed by atoms with Crippen molar-refractivity contribution in [2.24, 2.45) is 0 Å². The summed E-state index contributed by atoms with van der Waals surface area (Å²) >= 11 is 0. The standard InChI is InChI=1S/C23H22N2O2S/c1-28(26,27)25-20-7-4-5-16(13-20)14-23-21-8-3-2-6-17(21)9-10-18-15-19(24)11-12-22(18)23/h2-8,11-15,25H,9-10,24H2,1H3/b23-14+. The smallest absolute Gasteiger partial charge is 0.229 e. The Labute approximate surface area is 165 Å². The van der Waals surface area contributed by atoms with Crippen LogP contribution in [0.1, 0.15) is 27.8 Å². The number of rotatable bonds is 3. The summed E-state index contributed by atoms with van der Waals surface area (Å²) < 4.78 is 25.7. The third kappa shape index (κ3) is 3.94. The molecular weight excluding hydrogens is 368 g/mol. The number of nitrogens with one attached hydrogen (secondary N) is 1. The van der Waals surface area contributed by atoms with Crippen molar-refractivity contribution in [2.75, 3.05) is 16.7 Å². The van der Waals surface area contributed by atoms with E-state index in [2.05, 4.69) is 47.2 Å². The van der Waals surface area contributed by atoms with Crippen LogP contribution < -0.4 is 10.5 Å². The van der Waals surface area contributed by atoms with Gasteiger partial charge in [0.25, 0.3) is 0 Å². The van der Waals surface area contributed by atoms with Crippen LogP contribution in [0.2, 0.25) is 0 Å². The van der Waals surface area contributed by atoms with E-state index in [1.165, 1.54) is 22.3 Å². The first kappa shape index (κ1) is 18.3. The Morgan fingerprint density at radius 1 is 0.893 bits per heavy atom. The highest BCUT2D eigenvalue weighted by molar-refractivity contribution is 7.92. The van der Waals surface area contributed by atoms with Gasteiger partial charge in [0, 0.05) is 11.4 Å². The number of nitrogens with two attached hydrogens (primary N) is 1. The molecule has 0 heterocycles. The van der Waals surface area contributed by atoms with E-state index in [1.807, 2.05) is 24.3 Å². The van der Waals surface area contributed by atoms with Crippen LogP contribution in [-0.2, 0) is 22.9 Å². The van der Waals surface area contributed by atoms with Gasteiger partial charge in [0.1, 0.15) is 0 Å². The van der Waals surface area contributed by atoms with Crippen LogP contribution in [0.3, 0.4) is 0 Å². The van der Waals surface area contributed by atoms with Crippen LogP contribution >= 0.6 is 0 Å². The molecule has 0 bridgehead atoms. The molecule has 5 heteroatoms. The molecular formula is C23H22N2O2S. The summed E-state index contributed by atoms with van der Waals surface area (Å²) in [5.74, 6) is 0. The van der Waals surface area contributed by atoms with Crippen LogP contribution in [0.5, 0.6) is 0 Å². The molecule has 142 valence electrons. The maximum Gasteiger partial charge on any atom is 0.229 e. The van der Waals surface area contributed by atoms with Gasteiger partial charge in [0.05, 0.1) is 6.26 Å². The fourth-order valence-corrected chi connectivity index (χ4v) is 4.28. The average Bonchev–Trinajstić information content (AvgIpc) is 2.78. The van der Waals surface area contributed by atoms with Crippen molar-refractivity contribution in [3.05, 3.63) is 94.5 Å². The average molecular weight is 391 g/mol. The predicted octanol–water partition coefficient (Wildman–Crippen LogP) is 4.33. The normalized spacial score (nSPS) is 14.8. The second-order valence-electron chi connectivity index (χ2n) is 7.13. The summed E-state index contributed by atoms with van der Waals surface area (Å²) in [6.07, 6.45) is 5.16. The van der Waals surface area contributed by atoms with E-state index in [1.54, 1.807) is 6.07 Å². The van der Waals surface area contributed by atoms with Gasteiger partial charge in [-0.15, -0.1) is 0 Å². The van der Waals surface area contributed by atoms with E-state index in [0.29, 0.717) is 5.69 Å². The van der Waals surface area contributed by atoms with E-state index in [9.17, 15) is 8.42 Å². The fraction of sp³-hybridized carbons (Fsp3) is 0.130. The van der Waals surface area contributed by atoms with Gasteiger partial charge in [0.15, 0.2) is 0 Å². The zero-order chi connectivity index (χ0) is 19.7. The first-order chi connectivity index (χ1) is 13.4. The highest BCUT2D eigenvalue weighted by Gasteiger charge is 2.18. The van der Waals surface area contributed by atoms with E-state index in [-0.39, 0.29) is 0 Å². The zero-order valence-electron chi connectivity index (χ0n) is 15.6. The molecule has 0 amide bonds. The van der Waals surface area contributed by atoms with Crippen molar-refractivity contribution in [2.45, 2.75) is 12.8 Å². The second-order valence-corrected chi connectivity index (χ2v) is 8.88. The van der Waals surface area contributed by atoms with Crippen LogP contribution in [0, 0.1) is 0 Å². The zero-order valence-corrected chi connectivity index (χ0v) is 16.5. The SMILES string of the molecule is CS(=O)(=O)Nc1cccc(/C=C2\c3ccccc3CCc3cc(N)ccc32)c1. The van der Waals surface area contributed by atoms with E-state index in [0.717, 1.165) is 35.9 Å². The minimum Gasteiger partial charge on any atom is -0.399 e. The minimum atomic E-state index is -3.32. The van der Waals surface area contributed by atoms with Crippen molar-refractivity contribution in [1.29, 1.82) is 0 Å². The Morgan fingerprint density at radius 2 is 1.64 bits per heavy atom. The van der Waals surface area contributed by atoms with Gasteiger partial charge < -0.3 is 5.73 Å². The molecule has 0 aromatic heterocycles. The van der Waals surface area contributed by atoms with E-state index in [4.69, 9.17) is 5.73 Å². The summed E-state index contributed by atoms with van der Waals surface area (Å²) in [6, 6.07) is 21.9. The summed E-state index contributed by atoms with van der Waals surface area (Å²) in [7, 11) is -3.32. The Balaban J connectivity index is 1.88. The maximum atomic E-state index is 11.6. The number of aryl methyl sites for hydroxylation is 2. The largest absolute Gasteiger partial charge is 0.399 e. The lowest BCUT2D eigenvalue weighted by Crippen LogP contribution is -2.09. The van der Waals surface area contributed by atoms with Gasteiger partial charge in [-0.25, -0.2) is 8.42 Å². The van der Waals surface area contributed by atoms with Crippen LogP contribution in [0.15, 0.2) is 66.7 Å². The Morgan fingerprint density at radius 3 is 2.46 bits per heavy atom. The van der Waals surface area contributed by atoms with Crippen molar-refractivity contribution in [1.82, 2.24) is 0 Å². The van der Waals surface area contributed by atoms with Crippen molar-refractivity contribution < 1.29 is 8.42 Å². The number of anilines is 2. The molecule has 0 aliphatic heterocycles. The number of benzene rings is 3. The van der Waals surface area contributed by atoms with Gasteiger partial charge in [0.2, 0.25) is 10.0 Å². The molecule has 0 saturated heterocycles. The molecule has 4 rings (SSSR count). The molecule has 0 fully saturated rings. The molecule has 3 aromatic carbocycles. The van der Waals surface area contributed by atoms with E-state index < -0.39 is 10.0 Å². The van der Waals surface area contributed by atoms with Crippen LogP contribution in [0.25, 0.3) is 11.6 Å². The van der Waals surface area contributed by atoms with Crippen LogP contribution in [-0.4, -0.2) is 14.7 Å². The van der Waals surface area contributed by atoms with Crippen LogP contribution in [0.4, 0.5) is 11.4 Å². The van der Waals surface area contributed by atoms with Crippen molar-refractivity contribution >= 4 is 33.0 Å². The Kier molecular flexibility index (Phi) is 4.69. The Hall–Kier alpha value is -3.05. The fourth-order valence-electron chi connectivity index (χ4n) is 3.73. The molecule has 0 radical (unpaired) electrons. The quantitative estimate of drug-likeness (QED) is 0.654. The molecule has 0 saturated carbocycles. The predicted molar refractivity (Wildman–Crippen MR) is 117 cm³/mol. The molecule has 28 heavy (non-hydrogen) atoms. The van der Waals surface area contributed by atoms with Gasteiger partial charge in [-0.1, -0.05) is 42.5 Å². The number of hydrogen-bond donors (Lipinski definition) is 2. The number of nitrogen functional groups attached to an aromatic ring is 1. The highest BCUT2D eigenvalue weighted by atomic mass is 32.2. The molecule has 0 atom stereocenters. The summed E-state index contributed by atoms with van der Waals surface area (Å²) in [6.45, 7) is 0. The molecule has 0 unspecified atom stereocenters. The van der Waals surface area contributed by atoms with Gasteiger partial charge in [-0.3, -0.25) is 4.72 Å². The first-order valence-electron chi connectivity index (χ1n) is 9.16. The summed E-state index contributed by atoms with van der Waals surface area (Å²) in [5, 5.41) is 0. The second kappa shape index (κ2) is 7.17. The number of sulfonamides is 1. The van der Waals surface area contributed by atoms with Crippen molar-refractivity contribution in [3.8, 4) is 0 Å². The molecule has 0 spiro atoms. The monoisotopic (exact) mass is 390 g/mol. The minimum absolute atomic E-state index is 0.552. The third-order valence-electron chi connectivity index (χ3n) is 4.89. The molecule has 1 aliphatic carbocycles. The summed E-state index contributed by atoms with van der Waals surface area (Å²) in [4.78, 5) is 0. The van der Waals surface area contributed by atoms with Gasteiger partial charge in [-0.2, -0.15) is 0 Å².